The van der Waals surface area contributed by atoms with Crippen molar-refractivity contribution in [2.24, 2.45) is 5.41 Å². The monoisotopic (exact) mass is 288 g/mol. The van der Waals surface area contributed by atoms with Crippen LogP contribution >= 0.6 is 15.9 Å². The smallest absolute Gasteiger partial charge is 0.334 e. The van der Waals surface area contributed by atoms with Gasteiger partial charge in [0, 0.05) is 0 Å². The highest BCUT2D eigenvalue weighted by Gasteiger charge is 2.44. The zero-order chi connectivity index (χ0) is 12.3. The average molecular weight is 289 g/mol. The van der Waals surface area contributed by atoms with Gasteiger partial charge in [0.15, 0.2) is 0 Å². The Kier molecular flexibility index (Phi) is 3.91. The van der Waals surface area contributed by atoms with Crippen LogP contribution in [0.5, 0.6) is 0 Å². The second-order valence-electron chi connectivity index (χ2n) is 3.61. The molecular formula is C11H13BrO4. The molecule has 0 aliphatic heterocycles. The Bertz CT molecular complexity index is 372. The van der Waals surface area contributed by atoms with Crippen LogP contribution in [0, 0.1) is 5.41 Å². The van der Waals surface area contributed by atoms with Crippen LogP contribution in [0.2, 0.25) is 0 Å². The number of methoxy groups -OCH3 is 2. The normalized spacial score (nSPS) is 28.2. The maximum atomic E-state index is 11.7. The Morgan fingerprint density at radius 3 is 2.50 bits per heavy atom. The van der Waals surface area contributed by atoms with E-state index in [0.717, 1.165) is 0 Å². The second-order valence-corrected chi connectivity index (χ2v) is 4.53. The number of hydrogen-bond acceptors (Lipinski definition) is 4. The fourth-order valence-electron chi connectivity index (χ4n) is 1.52. The van der Waals surface area contributed by atoms with Crippen LogP contribution in [-0.2, 0) is 19.1 Å². The Morgan fingerprint density at radius 1 is 1.38 bits per heavy atom. The van der Waals surface area contributed by atoms with Gasteiger partial charge in [-0.05, 0) is 6.92 Å². The van der Waals surface area contributed by atoms with Gasteiger partial charge in [-0.15, -0.1) is 0 Å². The number of allylic oxidation sites excluding steroid dienone is 2. The van der Waals surface area contributed by atoms with E-state index in [1.165, 1.54) is 14.2 Å². The molecule has 88 valence electrons. The molecule has 5 heteroatoms. The minimum atomic E-state index is -0.896. The van der Waals surface area contributed by atoms with E-state index in [4.69, 9.17) is 4.74 Å². The molecule has 1 aliphatic carbocycles. The number of rotatable bonds is 2. The third-order valence-corrected chi connectivity index (χ3v) is 4.01. The highest BCUT2D eigenvalue weighted by atomic mass is 79.9. The molecule has 0 spiro atoms. The van der Waals surface area contributed by atoms with Gasteiger partial charge in [-0.25, -0.2) is 4.79 Å². The standard InChI is InChI=1S/C11H13BrO4/c1-11(10(14)16-3)6-4-5-7(8(11)12)9(13)15-2/h4-6,8H,1-3H3. The molecule has 2 unspecified atom stereocenters. The number of carbonyl (C=O) groups excluding carboxylic acids is 2. The van der Waals surface area contributed by atoms with Crippen LogP contribution in [0.3, 0.4) is 0 Å². The summed E-state index contributed by atoms with van der Waals surface area (Å²) in [5, 5.41) is 0. The third-order valence-electron chi connectivity index (χ3n) is 2.56. The Labute approximate surface area is 102 Å². The summed E-state index contributed by atoms with van der Waals surface area (Å²) in [4.78, 5) is 22.7. The van der Waals surface area contributed by atoms with Crippen molar-refractivity contribution in [3.05, 3.63) is 23.8 Å². The van der Waals surface area contributed by atoms with Gasteiger partial charge in [-0.2, -0.15) is 0 Å². The van der Waals surface area contributed by atoms with E-state index >= 15 is 0 Å². The molecule has 0 bridgehead atoms. The summed E-state index contributed by atoms with van der Waals surface area (Å²) >= 11 is 3.34. The van der Waals surface area contributed by atoms with Crippen molar-refractivity contribution in [1.29, 1.82) is 0 Å². The van der Waals surface area contributed by atoms with Crippen molar-refractivity contribution in [3.63, 3.8) is 0 Å². The predicted molar refractivity (Wildman–Crippen MR) is 62.1 cm³/mol. The summed E-state index contributed by atoms with van der Waals surface area (Å²) in [7, 11) is 2.62. The second kappa shape index (κ2) is 4.82. The minimum Gasteiger partial charge on any atom is -0.468 e. The van der Waals surface area contributed by atoms with Crippen LogP contribution in [0.25, 0.3) is 0 Å². The summed E-state index contributed by atoms with van der Waals surface area (Å²) in [6.07, 6.45) is 4.97. The number of esters is 2. The molecule has 0 aromatic heterocycles. The highest BCUT2D eigenvalue weighted by Crippen LogP contribution is 2.38. The lowest BCUT2D eigenvalue weighted by molar-refractivity contribution is -0.148. The van der Waals surface area contributed by atoms with E-state index in [9.17, 15) is 9.59 Å². The first kappa shape index (κ1) is 13.0. The van der Waals surface area contributed by atoms with Crippen LogP contribution in [0.15, 0.2) is 23.8 Å². The molecule has 0 aromatic carbocycles. The van der Waals surface area contributed by atoms with Gasteiger partial charge in [0.05, 0.1) is 24.6 Å². The lowest BCUT2D eigenvalue weighted by atomic mass is 9.80. The number of alkyl halides is 1. The van der Waals surface area contributed by atoms with E-state index in [1.54, 1.807) is 25.2 Å². The summed E-state index contributed by atoms with van der Waals surface area (Å²) in [5.74, 6) is -0.860. The molecule has 16 heavy (non-hydrogen) atoms. The molecule has 4 nitrogen and oxygen atoms in total. The van der Waals surface area contributed by atoms with Crippen LogP contribution in [-0.4, -0.2) is 31.0 Å². The molecule has 0 heterocycles. The van der Waals surface area contributed by atoms with Crippen molar-refractivity contribution in [2.75, 3.05) is 14.2 Å². The topological polar surface area (TPSA) is 52.6 Å². The largest absolute Gasteiger partial charge is 0.468 e. The highest BCUT2D eigenvalue weighted by molar-refractivity contribution is 9.09. The van der Waals surface area contributed by atoms with E-state index in [1.807, 2.05) is 0 Å². The van der Waals surface area contributed by atoms with Crippen LogP contribution in [0.1, 0.15) is 6.92 Å². The lowest BCUT2D eigenvalue weighted by Gasteiger charge is -2.31. The summed E-state index contributed by atoms with van der Waals surface area (Å²) < 4.78 is 9.37. The van der Waals surface area contributed by atoms with Gasteiger partial charge in [-0.1, -0.05) is 34.2 Å². The summed E-state index contributed by atoms with van der Waals surface area (Å²) in [6, 6.07) is 0. The van der Waals surface area contributed by atoms with Crippen molar-refractivity contribution < 1.29 is 19.1 Å². The molecule has 0 saturated heterocycles. The van der Waals surface area contributed by atoms with E-state index in [2.05, 4.69) is 20.7 Å². The number of halogens is 1. The van der Waals surface area contributed by atoms with Crippen LogP contribution in [0.4, 0.5) is 0 Å². The maximum absolute atomic E-state index is 11.7. The van der Waals surface area contributed by atoms with Crippen molar-refractivity contribution in [3.8, 4) is 0 Å². The van der Waals surface area contributed by atoms with Crippen molar-refractivity contribution in [1.82, 2.24) is 0 Å². The van der Waals surface area contributed by atoms with E-state index < -0.39 is 22.2 Å². The molecule has 2 atom stereocenters. The molecule has 0 saturated carbocycles. The SMILES string of the molecule is COC(=O)C1=CC=CC(C)(C(=O)OC)C1Br. The molecule has 0 N–H and O–H groups in total. The summed E-state index contributed by atoms with van der Waals surface area (Å²) in [6.45, 7) is 1.70. The fraction of sp³-hybridized carbons (Fsp3) is 0.455. The molecule has 0 fully saturated rings. The van der Waals surface area contributed by atoms with Crippen molar-refractivity contribution in [2.45, 2.75) is 11.8 Å². The average Bonchev–Trinajstić information content (AvgIpc) is 2.30. The van der Waals surface area contributed by atoms with Gasteiger partial charge < -0.3 is 9.47 Å². The Balaban J connectivity index is 3.06. The maximum Gasteiger partial charge on any atom is 0.334 e. The first-order valence-electron chi connectivity index (χ1n) is 4.67. The molecule has 0 aromatic rings. The lowest BCUT2D eigenvalue weighted by Crippen LogP contribution is -2.40. The van der Waals surface area contributed by atoms with Gasteiger partial charge in [0.25, 0.3) is 0 Å². The van der Waals surface area contributed by atoms with Gasteiger partial charge >= 0.3 is 11.9 Å². The molecule has 1 aliphatic rings. The zero-order valence-corrected chi connectivity index (χ0v) is 10.9. The van der Waals surface area contributed by atoms with Crippen LogP contribution < -0.4 is 0 Å². The van der Waals surface area contributed by atoms with E-state index in [-0.39, 0.29) is 0 Å². The van der Waals surface area contributed by atoms with E-state index in [0.29, 0.717) is 5.57 Å². The number of hydrogen-bond donors (Lipinski definition) is 0. The molecule has 0 amide bonds. The number of ether oxygens (including phenoxy) is 2. The third kappa shape index (κ3) is 2.04. The van der Waals surface area contributed by atoms with Crippen molar-refractivity contribution >= 4 is 27.9 Å². The zero-order valence-electron chi connectivity index (χ0n) is 9.32. The first-order chi connectivity index (χ1) is 7.47. The van der Waals surface area contributed by atoms with Gasteiger partial charge in [0.2, 0.25) is 0 Å². The predicted octanol–water partition coefficient (Wildman–Crippen LogP) is 1.60. The Hall–Kier alpha value is -1.10. The molecule has 1 rings (SSSR count). The van der Waals surface area contributed by atoms with Gasteiger partial charge in [0.1, 0.15) is 5.41 Å². The molecule has 0 radical (unpaired) electrons. The van der Waals surface area contributed by atoms with Gasteiger partial charge in [-0.3, -0.25) is 4.79 Å². The summed E-state index contributed by atoms with van der Waals surface area (Å²) in [5.41, 5.74) is -0.495. The quantitative estimate of drug-likeness (QED) is 0.572. The number of carbonyl (C=O) groups is 2. The minimum absolute atomic E-state index is 0.401. The first-order valence-corrected chi connectivity index (χ1v) is 5.59. The fourth-order valence-corrected chi connectivity index (χ4v) is 2.20. The Morgan fingerprint density at radius 2 is 2.00 bits per heavy atom. The molecular weight excluding hydrogens is 276 g/mol.